The van der Waals surface area contributed by atoms with Gasteiger partial charge in [0.15, 0.2) is 18.2 Å². The van der Waals surface area contributed by atoms with E-state index in [-0.39, 0.29) is 34.8 Å². The molecule has 0 spiro atoms. The van der Waals surface area contributed by atoms with Crippen LogP contribution in [-0.4, -0.2) is 35.8 Å². The molecule has 32 heavy (non-hydrogen) atoms. The van der Waals surface area contributed by atoms with Crippen LogP contribution in [0.15, 0.2) is 77.7 Å². The largest absolute Gasteiger partial charge is 0.456 e. The molecule has 0 bridgehead atoms. The van der Waals surface area contributed by atoms with E-state index in [1.807, 2.05) is 30.3 Å². The van der Waals surface area contributed by atoms with Gasteiger partial charge in [-0.25, -0.2) is 0 Å². The number of ketones is 2. The summed E-state index contributed by atoms with van der Waals surface area (Å²) < 4.78 is 5.05. The minimum atomic E-state index is -0.582. The van der Waals surface area contributed by atoms with E-state index in [9.17, 15) is 19.2 Å². The monoisotopic (exact) mass is 445 g/mol. The lowest BCUT2D eigenvalue weighted by atomic mass is 9.83. The number of fused-ring (bicyclic) bond motifs is 2. The fourth-order valence-corrected chi connectivity index (χ4v) is 4.28. The predicted octanol–water partition coefficient (Wildman–Crippen LogP) is 4.13. The van der Waals surface area contributed by atoms with Crippen LogP contribution >= 0.6 is 11.8 Å². The maximum atomic E-state index is 13.0. The average molecular weight is 445 g/mol. The highest BCUT2D eigenvalue weighted by molar-refractivity contribution is 7.99. The number of carbonyl (C=O) groups excluding carboxylic acids is 4. The van der Waals surface area contributed by atoms with Gasteiger partial charge >= 0.3 is 5.97 Å². The summed E-state index contributed by atoms with van der Waals surface area (Å²) in [6, 6.07) is 21.0. The number of nitrogens with one attached hydrogen (secondary N) is 1. The number of carbonyl (C=O) groups is 4. The van der Waals surface area contributed by atoms with Crippen LogP contribution in [0.4, 0.5) is 5.69 Å². The maximum absolute atomic E-state index is 13.0. The van der Waals surface area contributed by atoms with Crippen LogP contribution in [0.2, 0.25) is 0 Å². The van der Waals surface area contributed by atoms with Crippen molar-refractivity contribution in [3.63, 3.8) is 0 Å². The number of rotatable bonds is 7. The molecule has 0 radical (unpaired) electrons. The zero-order valence-electron chi connectivity index (χ0n) is 17.0. The summed E-state index contributed by atoms with van der Waals surface area (Å²) >= 11 is 1.53. The molecule has 4 rings (SSSR count). The first-order valence-corrected chi connectivity index (χ1v) is 11.0. The summed E-state index contributed by atoms with van der Waals surface area (Å²) in [5, 5.41) is 2.59. The smallest absolute Gasteiger partial charge is 0.307 e. The third-order valence-corrected chi connectivity index (χ3v) is 5.92. The van der Waals surface area contributed by atoms with Crippen LogP contribution in [0.1, 0.15) is 38.3 Å². The van der Waals surface area contributed by atoms with Gasteiger partial charge in [-0.2, -0.15) is 0 Å². The van der Waals surface area contributed by atoms with Gasteiger partial charge in [0.05, 0.1) is 17.7 Å². The van der Waals surface area contributed by atoms with Crippen molar-refractivity contribution in [1.82, 2.24) is 0 Å². The lowest BCUT2D eigenvalue weighted by molar-refractivity contribution is -0.146. The molecule has 1 amide bonds. The van der Waals surface area contributed by atoms with Crippen LogP contribution in [0.25, 0.3) is 0 Å². The van der Waals surface area contributed by atoms with Gasteiger partial charge in [-0.3, -0.25) is 19.2 Å². The number of hydrogen-bond donors (Lipinski definition) is 1. The second-order valence-corrected chi connectivity index (χ2v) is 8.22. The Morgan fingerprint density at radius 2 is 1.44 bits per heavy atom. The van der Waals surface area contributed by atoms with Gasteiger partial charge < -0.3 is 10.1 Å². The van der Waals surface area contributed by atoms with E-state index in [0.717, 1.165) is 4.90 Å². The molecule has 1 aliphatic carbocycles. The number of benzene rings is 3. The van der Waals surface area contributed by atoms with Crippen molar-refractivity contribution in [2.24, 2.45) is 0 Å². The molecule has 0 heterocycles. The van der Waals surface area contributed by atoms with Crippen molar-refractivity contribution in [3.05, 3.63) is 95.1 Å². The molecule has 6 nitrogen and oxygen atoms in total. The summed E-state index contributed by atoms with van der Waals surface area (Å²) in [6.45, 7) is -0.475. The number of hydrogen-bond acceptors (Lipinski definition) is 6. The molecule has 0 atom stereocenters. The van der Waals surface area contributed by atoms with E-state index in [4.69, 9.17) is 4.74 Å². The standard InChI is InChI=1S/C25H19NO5S/c27-21(15-31-22(28)13-14-32-16-7-2-1-3-8-16)26-20-12-6-11-19-23(20)25(30)18-10-5-4-9-17(18)24(19)29/h1-12H,13-15H2,(H,26,27). The Morgan fingerprint density at radius 3 is 2.19 bits per heavy atom. The predicted molar refractivity (Wildman–Crippen MR) is 121 cm³/mol. The minimum absolute atomic E-state index is 0.148. The van der Waals surface area contributed by atoms with Gasteiger partial charge in [-0.05, 0) is 18.2 Å². The molecule has 1 aliphatic rings. The van der Waals surface area contributed by atoms with E-state index in [1.54, 1.807) is 42.5 Å². The fraction of sp³-hybridized carbons (Fsp3) is 0.120. The first kappa shape index (κ1) is 21.5. The van der Waals surface area contributed by atoms with Crippen molar-refractivity contribution in [2.45, 2.75) is 11.3 Å². The molecule has 3 aromatic carbocycles. The Labute approximate surface area is 189 Å². The summed E-state index contributed by atoms with van der Waals surface area (Å²) in [5.74, 6) is -1.14. The third kappa shape index (κ3) is 4.63. The van der Waals surface area contributed by atoms with E-state index in [2.05, 4.69) is 5.32 Å². The lowest BCUT2D eigenvalue weighted by Gasteiger charge is -2.20. The van der Waals surface area contributed by atoms with Crippen LogP contribution < -0.4 is 5.32 Å². The Morgan fingerprint density at radius 1 is 0.781 bits per heavy atom. The van der Waals surface area contributed by atoms with Crippen molar-refractivity contribution in [1.29, 1.82) is 0 Å². The van der Waals surface area contributed by atoms with Crippen LogP contribution in [0.5, 0.6) is 0 Å². The highest BCUT2D eigenvalue weighted by Crippen LogP contribution is 2.31. The Bertz CT molecular complexity index is 1210. The van der Waals surface area contributed by atoms with E-state index >= 15 is 0 Å². The molecule has 0 saturated heterocycles. The SMILES string of the molecule is O=C(COC(=O)CCSc1ccccc1)Nc1cccc2c1C(=O)c1ccccc1C2=O. The van der Waals surface area contributed by atoms with Gasteiger partial charge in [0.1, 0.15) is 0 Å². The lowest BCUT2D eigenvalue weighted by Crippen LogP contribution is -2.26. The van der Waals surface area contributed by atoms with Crippen molar-refractivity contribution >= 4 is 40.9 Å². The summed E-state index contributed by atoms with van der Waals surface area (Å²) in [7, 11) is 0. The number of anilines is 1. The zero-order valence-corrected chi connectivity index (χ0v) is 17.8. The summed E-state index contributed by atoms with van der Waals surface area (Å²) in [6.07, 6.45) is 0.164. The molecule has 160 valence electrons. The highest BCUT2D eigenvalue weighted by atomic mass is 32.2. The van der Waals surface area contributed by atoms with E-state index in [0.29, 0.717) is 16.9 Å². The highest BCUT2D eigenvalue weighted by Gasteiger charge is 2.31. The molecule has 0 saturated carbocycles. The maximum Gasteiger partial charge on any atom is 0.307 e. The minimum Gasteiger partial charge on any atom is -0.456 e. The second kappa shape index (κ2) is 9.62. The number of esters is 1. The van der Waals surface area contributed by atoms with E-state index < -0.39 is 18.5 Å². The van der Waals surface area contributed by atoms with Gasteiger partial charge in [-0.1, -0.05) is 54.6 Å². The summed E-state index contributed by atoms with van der Waals surface area (Å²) in [5.41, 5.74) is 1.25. The third-order valence-electron chi connectivity index (χ3n) is 4.91. The fourth-order valence-electron chi connectivity index (χ4n) is 3.42. The van der Waals surface area contributed by atoms with Crippen molar-refractivity contribution < 1.29 is 23.9 Å². The van der Waals surface area contributed by atoms with Gasteiger partial charge in [-0.15, -0.1) is 11.8 Å². The first-order valence-electron chi connectivity index (χ1n) is 9.99. The van der Waals surface area contributed by atoms with Crippen LogP contribution in [0, 0.1) is 0 Å². The van der Waals surface area contributed by atoms with Crippen LogP contribution in [-0.2, 0) is 14.3 Å². The van der Waals surface area contributed by atoms with Gasteiger partial charge in [0, 0.05) is 27.3 Å². The molecule has 0 unspecified atom stereocenters. The molecule has 3 aromatic rings. The topological polar surface area (TPSA) is 89.5 Å². The number of ether oxygens (including phenoxy) is 1. The summed E-state index contributed by atoms with van der Waals surface area (Å²) in [4.78, 5) is 51.1. The Balaban J connectivity index is 1.36. The van der Waals surface area contributed by atoms with E-state index in [1.165, 1.54) is 11.8 Å². The molecule has 0 aliphatic heterocycles. The molecular formula is C25H19NO5S. The average Bonchev–Trinajstić information content (AvgIpc) is 2.82. The molecular weight excluding hydrogens is 426 g/mol. The molecule has 0 aromatic heterocycles. The molecule has 0 fully saturated rings. The van der Waals surface area contributed by atoms with Gasteiger partial charge in [0.25, 0.3) is 5.91 Å². The number of amides is 1. The number of thioether (sulfide) groups is 1. The molecule has 1 N–H and O–H groups in total. The zero-order chi connectivity index (χ0) is 22.5. The quantitative estimate of drug-likeness (QED) is 0.340. The van der Waals surface area contributed by atoms with Crippen LogP contribution in [0.3, 0.4) is 0 Å². The van der Waals surface area contributed by atoms with Gasteiger partial charge in [0.2, 0.25) is 0 Å². The normalized spacial score (nSPS) is 12.0. The first-order chi connectivity index (χ1) is 15.5. The Kier molecular flexibility index (Phi) is 6.47. The second-order valence-electron chi connectivity index (χ2n) is 7.05. The Hall–Kier alpha value is -3.71. The molecule has 7 heteroatoms. The van der Waals surface area contributed by atoms with Crippen molar-refractivity contribution in [3.8, 4) is 0 Å². The van der Waals surface area contributed by atoms with Crippen molar-refractivity contribution in [2.75, 3.05) is 17.7 Å².